The van der Waals surface area contributed by atoms with Gasteiger partial charge in [0.25, 0.3) is 0 Å². The average molecular weight is 402 g/mol. The number of imidazole rings is 1. The van der Waals surface area contributed by atoms with E-state index in [4.69, 9.17) is 16.3 Å². The maximum Gasteiger partial charge on any atom is 0.234 e. The molecule has 1 unspecified atom stereocenters. The van der Waals surface area contributed by atoms with Crippen molar-refractivity contribution in [2.75, 3.05) is 17.7 Å². The Morgan fingerprint density at radius 2 is 2.15 bits per heavy atom. The zero-order chi connectivity index (χ0) is 18.6. The Morgan fingerprint density at radius 3 is 2.93 bits per heavy atom. The van der Waals surface area contributed by atoms with Gasteiger partial charge in [-0.2, -0.15) is 0 Å². The number of fused-ring (bicyclic) bond motifs is 1. The van der Waals surface area contributed by atoms with Gasteiger partial charge in [0.2, 0.25) is 5.91 Å². The lowest BCUT2D eigenvalue weighted by atomic mass is 10.2. The first-order chi connectivity index (χ1) is 13.2. The Morgan fingerprint density at radius 1 is 1.30 bits per heavy atom. The van der Waals surface area contributed by atoms with E-state index < -0.39 is 0 Å². The molecule has 27 heavy (non-hydrogen) atoms. The van der Waals surface area contributed by atoms with E-state index in [0.717, 1.165) is 58.3 Å². The molecular formula is C20H20ClN3O2S. The molecule has 1 atom stereocenters. The first-order valence-electron chi connectivity index (χ1n) is 8.91. The maximum atomic E-state index is 12.2. The van der Waals surface area contributed by atoms with Gasteiger partial charge in [0.1, 0.15) is 11.9 Å². The van der Waals surface area contributed by atoms with Gasteiger partial charge >= 0.3 is 0 Å². The van der Waals surface area contributed by atoms with E-state index >= 15 is 0 Å². The second-order valence-electron chi connectivity index (χ2n) is 6.52. The molecule has 7 heteroatoms. The molecule has 1 amide bonds. The van der Waals surface area contributed by atoms with Gasteiger partial charge in [0.15, 0.2) is 0 Å². The lowest BCUT2D eigenvalue weighted by Gasteiger charge is -2.05. The predicted octanol–water partition coefficient (Wildman–Crippen LogP) is 4.94. The fourth-order valence-corrected chi connectivity index (χ4v) is 4.01. The van der Waals surface area contributed by atoms with Gasteiger partial charge in [-0.1, -0.05) is 23.7 Å². The largest absolute Gasteiger partial charge is 0.370 e. The Labute approximate surface area is 166 Å². The van der Waals surface area contributed by atoms with E-state index in [2.05, 4.69) is 15.3 Å². The summed E-state index contributed by atoms with van der Waals surface area (Å²) in [6.07, 6.45) is 2.12. The molecule has 4 rings (SSSR count). The molecule has 0 aliphatic carbocycles. The number of H-pyrrole nitrogens is 1. The van der Waals surface area contributed by atoms with Crippen LogP contribution in [0.25, 0.3) is 11.0 Å². The van der Waals surface area contributed by atoms with E-state index in [-0.39, 0.29) is 12.0 Å². The number of carbonyl (C=O) groups excluding carboxylic acids is 1. The number of hydrogen-bond acceptors (Lipinski definition) is 4. The first kappa shape index (κ1) is 18.3. The fraction of sp³-hybridized carbons (Fsp3) is 0.300. The predicted molar refractivity (Wildman–Crippen MR) is 110 cm³/mol. The molecule has 1 fully saturated rings. The zero-order valence-electron chi connectivity index (χ0n) is 14.7. The summed E-state index contributed by atoms with van der Waals surface area (Å²) in [6.45, 7) is 0.788. The first-order valence-corrected chi connectivity index (χ1v) is 10.4. The maximum absolute atomic E-state index is 12.2. The van der Waals surface area contributed by atoms with Gasteiger partial charge in [0.05, 0.1) is 16.8 Å². The number of rotatable bonds is 6. The summed E-state index contributed by atoms with van der Waals surface area (Å²) in [5, 5.41) is 3.67. The number of thioether (sulfide) groups is 1. The highest BCUT2D eigenvalue weighted by Gasteiger charge is 2.21. The number of carbonyl (C=O) groups is 1. The van der Waals surface area contributed by atoms with E-state index in [1.54, 1.807) is 11.8 Å². The molecular weight excluding hydrogens is 382 g/mol. The average Bonchev–Trinajstić information content (AvgIpc) is 3.32. The van der Waals surface area contributed by atoms with Gasteiger partial charge in [-0.25, -0.2) is 4.98 Å². The molecule has 0 bridgehead atoms. The van der Waals surface area contributed by atoms with Crippen LogP contribution in [0.5, 0.6) is 0 Å². The SMILES string of the molecule is O=C(CSCc1ccc(Cl)cc1)Nc1ccc2nc(C3CCCO3)[nH]c2c1. The van der Waals surface area contributed by atoms with Crippen LogP contribution in [0.2, 0.25) is 5.02 Å². The lowest BCUT2D eigenvalue weighted by molar-refractivity contribution is -0.113. The second kappa shape index (κ2) is 8.33. The van der Waals surface area contributed by atoms with Crippen molar-refractivity contribution in [3.8, 4) is 0 Å². The van der Waals surface area contributed by atoms with Crippen LogP contribution in [0, 0.1) is 0 Å². The molecule has 2 aromatic carbocycles. The topological polar surface area (TPSA) is 67.0 Å². The minimum absolute atomic E-state index is 0.0211. The number of halogens is 1. The summed E-state index contributed by atoms with van der Waals surface area (Å²) in [7, 11) is 0. The van der Waals surface area contributed by atoms with Crippen molar-refractivity contribution in [2.24, 2.45) is 0 Å². The number of nitrogens with one attached hydrogen (secondary N) is 2. The third-order valence-corrected chi connectivity index (χ3v) is 5.69. The lowest BCUT2D eigenvalue weighted by Crippen LogP contribution is -2.14. The molecule has 5 nitrogen and oxygen atoms in total. The van der Waals surface area contributed by atoms with Crippen molar-refractivity contribution in [3.63, 3.8) is 0 Å². The number of ether oxygens (including phenoxy) is 1. The molecule has 1 aliphatic heterocycles. The van der Waals surface area contributed by atoms with Crippen molar-refractivity contribution in [3.05, 3.63) is 58.9 Å². The summed E-state index contributed by atoms with van der Waals surface area (Å²) in [4.78, 5) is 20.1. The van der Waals surface area contributed by atoms with Gasteiger partial charge in [-0.15, -0.1) is 11.8 Å². The van der Waals surface area contributed by atoms with Crippen LogP contribution in [0.1, 0.15) is 30.3 Å². The number of amides is 1. The molecule has 0 saturated carbocycles. The Kier molecular flexibility index (Phi) is 5.66. The summed E-state index contributed by atoms with van der Waals surface area (Å²) in [6, 6.07) is 13.4. The van der Waals surface area contributed by atoms with Crippen LogP contribution in [-0.4, -0.2) is 28.2 Å². The number of nitrogens with zero attached hydrogens (tertiary/aromatic N) is 1. The van der Waals surface area contributed by atoms with Crippen molar-refractivity contribution in [1.29, 1.82) is 0 Å². The normalized spacial score (nSPS) is 16.7. The van der Waals surface area contributed by atoms with Gasteiger partial charge in [0, 0.05) is 23.1 Å². The van der Waals surface area contributed by atoms with E-state index in [0.29, 0.717) is 5.75 Å². The monoisotopic (exact) mass is 401 g/mol. The van der Waals surface area contributed by atoms with E-state index in [9.17, 15) is 4.79 Å². The van der Waals surface area contributed by atoms with Crippen LogP contribution in [-0.2, 0) is 15.3 Å². The molecule has 140 valence electrons. The van der Waals surface area contributed by atoms with E-state index in [1.165, 1.54) is 0 Å². The van der Waals surface area contributed by atoms with Crippen LogP contribution in [0.4, 0.5) is 5.69 Å². The third-order valence-electron chi connectivity index (χ3n) is 4.43. The highest BCUT2D eigenvalue weighted by atomic mass is 35.5. The second-order valence-corrected chi connectivity index (χ2v) is 7.95. The third kappa shape index (κ3) is 4.64. The van der Waals surface area contributed by atoms with Crippen molar-refractivity contribution in [2.45, 2.75) is 24.7 Å². The molecule has 0 radical (unpaired) electrons. The highest BCUT2D eigenvalue weighted by Crippen LogP contribution is 2.28. The Bertz CT molecular complexity index is 936. The number of hydrogen-bond donors (Lipinski definition) is 2. The van der Waals surface area contributed by atoms with Gasteiger partial charge in [-0.3, -0.25) is 4.79 Å². The smallest absolute Gasteiger partial charge is 0.234 e. The van der Waals surface area contributed by atoms with E-state index in [1.807, 2.05) is 42.5 Å². The number of aromatic amines is 1. The molecule has 3 aromatic rings. The molecule has 2 heterocycles. The standard InChI is InChI=1S/C20H20ClN3O2S/c21-14-5-3-13(4-6-14)11-27-12-19(25)22-15-7-8-16-17(10-15)24-20(23-16)18-2-1-9-26-18/h3-8,10,18H,1-2,9,11-12H2,(H,22,25)(H,23,24). The quantitative estimate of drug-likeness (QED) is 0.613. The van der Waals surface area contributed by atoms with Crippen LogP contribution in [0.3, 0.4) is 0 Å². The summed E-state index contributed by atoms with van der Waals surface area (Å²) >= 11 is 7.45. The molecule has 1 saturated heterocycles. The van der Waals surface area contributed by atoms with Crippen LogP contribution >= 0.6 is 23.4 Å². The number of anilines is 1. The van der Waals surface area contributed by atoms with Gasteiger partial charge < -0.3 is 15.0 Å². The molecule has 0 spiro atoms. The van der Waals surface area contributed by atoms with Crippen LogP contribution < -0.4 is 5.32 Å². The Hall–Kier alpha value is -2.02. The number of aromatic nitrogens is 2. The highest BCUT2D eigenvalue weighted by molar-refractivity contribution is 7.99. The fourth-order valence-electron chi connectivity index (χ4n) is 3.09. The van der Waals surface area contributed by atoms with Crippen LogP contribution in [0.15, 0.2) is 42.5 Å². The van der Waals surface area contributed by atoms with Crippen molar-refractivity contribution >= 4 is 46.0 Å². The van der Waals surface area contributed by atoms with Gasteiger partial charge in [-0.05, 0) is 48.7 Å². The minimum atomic E-state index is -0.0211. The van der Waals surface area contributed by atoms with Crippen molar-refractivity contribution in [1.82, 2.24) is 9.97 Å². The summed E-state index contributed by atoms with van der Waals surface area (Å²) < 4.78 is 5.68. The molecule has 1 aliphatic rings. The van der Waals surface area contributed by atoms with Crippen molar-refractivity contribution < 1.29 is 9.53 Å². The number of benzene rings is 2. The minimum Gasteiger partial charge on any atom is -0.370 e. The molecule has 2 N–H and O–H groups in total. The zero-order valence-corrected chi connectivity index (χ0v) is 16.3. The molecule has 1 aromatic heterocycles. The summed E-state index contributed by atoms with van der Waals surface area (Å²) in [5.74, 6) is 2.01. The Balaban J connectivity index is 1.33. The summed E-state index contributed by atoms with van der Waals surface area (Å²) in [5.41, 5.74) is 3.71.